The summed E-state index contributed by atoms with van der Waals surface area (Å²) in [4.78, 5) is 0. The van der Waals surface area contributed by atoms with E-state index >= 15 is 0 Å². The van der Waals surface area contributed by atoms with Crippen molar-refractivity contribution in [3.63, 3.8) is 0 Å². The van der Waals surface area contributed by atoms with E-state index in [4.69, 9.17) is 4.74 Å². The maximum absolute atomic E-state index is 6.04. The fourth-order valence-electron chi connectivity index (χ4n) is 2.23. The third-order valence-electron chi connectivity index (χ3n) is 2.95. The zero-order valence-corrected chi connectivity index (χ0v) is 9.86. The minimum Gasteiger partial charge on any atom is -0.441 e. The molecule has 2 nitrogen and oxygen atoms in total. The first-order chi connectivity index (χ1) is 7.16. The van der Waals surface area contributed by atoms with Gasteiger partial charge in [0.25, 0.3) is 0 Å². The molecule has 1 aliphatic rings. The minimum atomic E-state index is 0.408. The van der Waals surface area contributed by atoms with Gasteiger partial charge in [-0.2, -0.15) is 4.57 Å². The number of aromatic nitrogens is 1. The van der Waals surface area contributed by atoms with Crippen molar-refractivity contribution >= 4 is 0 Å². The molecule has 0 spiro atoms. The van der Waals surface area contributed by atoms with E-state index in [1.165, 1.54) is 5.56 Å². The van der Waals surface area contributed by atoms with E-state index in [2.05, 4.69) is 43.8 Å². The van der Waals surface area contributed by atoms with Crippen LogP contribution in [0, 0.1) is 5.92 Å². The summed E-state index contributed by atoms with van der Waals surface area (Å²) in [7, 11) is 2.05. The first-order valence-corrected chi connectivity index (χ1v) is 5.81. The fraction of sp³-hybridized carbons (Fsp3) is 0.615. The number of rotatable bonds is 2. The Morgan fingerprint density at radius 1 is 1.53 bits per heavy atom. The highest BCUT2D eigenvalue weighted by Crippen LogP contribution is 2.26. The van der Waals surface area contributed by atoms with Crippen molar-refractivity contribution in [3.8, 4) is 5.88 Å². The second-order valence-corrected chi connectivity index (χ2v) is 4.86. The van der Waals surface area contributed by atoms with Gasteiger partial charge >= 0.3 is 5.88 Å². The topological polar surface area (TPSA) is 13.1 Å². The molecule has 82 valence electrons. The van der Waals surface area contributed by atoms with Crippen molar-refractivity contribution in [3.05, 3.63) is 23.9 Å². The van der Waals surface area contributed by atoms with Gasteiger partial charge in [0, 0.05) is 6.07 Å². The Labute approximate surface area is 91.9 Å². The van der Waals surface area contributed by atoms with E-state index in [-0.39, 0.29) is 0 Å². The van der Waals surface area contributed by atoms with Gasteiger partial charge in [0.15, 0.2) is 6.20 Å². The van der Waals surface area contributed by atoms with Crippen LogP contribution in [0.5, 0.6) is 5.88 Å². The molecule has 1 unspecified atom stereocenters. The summed E-state index contributed by atoms with van der Waals surface area (Å²) in [6.07, 6.45) is 5.94. The Hall–Kier alpha value is -1.05. The zero-order valence-electron chi connectivity index (χ0n) is 9.86. The van der Waals surface area contributed by atoms with Gasteiger partial charge in [-0.3, -0.25) is 0 Å². The Balaban J connectivity index is 2.15. The van der Waals surface area contributed by atoms with Crippen LogP contribution in [0.2, 0.25) is 0 Å². The lowest BCUT2D eigenvalue weighted by Crippen LogP contribution is -2.37. The first-order valence-electron chi connectivity index (χ1n) is 5.81. The number of pyridine rings is 1. The summed E-state index contributed by atoms with van der Waals surface area (Å²) in [6.45, 7) is 4.51. The van der Waals surface area contributed by atoms with Gasteiger partial charge in [0.05, 0.1) is 5.56 Å². The Kier molecular flexibility index (Phi) is 2.94. The Morgan fingerprint density at radius 2 is 2.33 bits per heavy atom. The molecular weight excluding hydrogens is 186 g/mol. The van der Waals surface area contributed by atoms with Crippen molar-refractivity contribution in [2.24, 2.45) is 13.0 Å². The SMILES string of the molecule is CC(C)CC1CCc2ccc[n+](C)c2O1. The van der Waals surface area contributed by atoms with Gasteiger partial charge in [-0.1, -0.05) is 13.8 Å². The van der Waals surface area contributed by atoms with E-state index in [1.807, 2.05) is 0 Å². The summed E-state index contributed by atoms with van der Waals surface area (Å²) in [5, 5.41) is 0. The number of hydrogen-bond donors (Lipinski definition) is 0. The molecule has 1 aliphatic heterocycles. The van der Waals surface area contributed by atoms with Crippen molar-refractivity contribution in [1.82, 2.24) is 0 Å². The van der Waals surface area contributed by atoms with Crippen LogP contribution in [0.15, 0.2) is 18.3 Å². The number of hydrogen-bond acceptors (Lipinski definition) is 1. The van der Waals surface area contributed by atoms with E-state index < -0.39 is 0 Å². The van der Waals surface area contributed by atoms with Gasteiger partial charge in [-0.15, -0.1) is 0 Å². The lowest BCUT2D eigenvalue weighted by Gasteiger charge is -2.24. The van der Waals surface area contributed by atoms with Crippen LogP contribution in [0.25, 0.3) is 0 Å². The second kappa shape index (κ2) is 4.21. The van der Waals surface area contributed by atoms with Crippen LogP contribution >= 0.6 is 0 Å². The Morgan fingerprint density at radius 3 is 3.07 bits per heavy atom. The predicted molar refractivity (Wildman–Crippen MR) is 59.8 cm³/mol. The Bertz CT molecular complexity index is 346. The normalized spacial score (nSPS) is 19.9. The molecule has 0 amide bonds. The molecule has 1 atom stereocenters. The zero-order chi connectivity index (χ0) is 10.8. The van der Waals surface area contributed by atoms with Crippen LogP contribution in [-0.2, 0) is 13.5 Å². The van der Waals surface area contributed by atoms with Gasteiger partial charge in [-0.05, 0) is 31.2 Å². The van der Waals surface area contributed by atoms with Crippen LogP contribution in [0.4, 0.5) is 0 Å². The quantitative estimate of drug-likeness (QED) is 0.676. The number of nitrogens with zero attached hydrogens (tertiary/aromatic N) is 1. The molecule has 15 heavy (non-hydrogen) atoms. The lowest BCUT2D eigenvalue weighted by atomic mass is 9.98. The molecule has 0 aromatic carbocycles. The standard InChI is InChI=1S/C13H20NO/c1-10(2)9-12-7-6-11-5-4-8-14(3)13(11)15-12/h4-5,8,10,12H,6-7,9H2,1-3H3/q+1. The summed E-state index contributed by atoms with van der Waals surface area (Å²) in [5.74, 6) is 1.78. The molecule has 0 bridgehead atoms. The maximum atomic E-state index is 6.04. The van der Waals surface area contributed by atoms with Crippen LogP contribution in [0.1, 0.15) is 32.3 Å². The number of aryl methyl sites for hydroxylation is 2. The number of fused-ring (bicyclic) bond motifs is 1. The number of ether oxygens (including phenoxy) is 1. The highest BCUT2D eigenvalue weighted by atomic mass is 16.5. The van der Waals surface area contributed by atoms with Gasteiger partial charge < -0.3 is 4.74 Å². The highest BCUT2D eigenvalue weighted by Gasteiger charge is 2.26. The molecule has 0 aliphatic carbocycles. The summed E-state index contributed by atoms with van der Waals surface area (Å²) in [6, 6.07) is 4.26. The third kappa shape index (κ3) is 2.31. The smallest absolute Gasteiger partial charge is 0.371 e. The predicted octanol–water partition coefficient (Wildman–Crippen LogP) is 2.25. The van der Waals surface area contributed by atoms with Gasteiger partial charge in [0.2, 0.25) is 0 Å². The largest absolute Gasteiger partial charge is 0.441 e. The van der Waals surface area contributed by atoms with Gasteiger partial charge in [-0.25, -0.2) is 0 Å². The summed E-state index contributed by atoms with van der Waals surface area (Å²) in [5.41, 5.74) is 1.35. The highest BCUT2D eigenvalue weighted by molar-refractivity contribution is 5.23. The monoisotopic (exact) mass is 206 g/mol. The molecule has 1 aromatic heterocycles. The minimum absolute atomic E-state index is 0.408. The fourth-order valence-corrected chi connectivity index (χ4v) is 2.23. The summed E-state index contributed by atoms with van der Waals surface area (Å²) < 4.78 is 8.12. The molecule has 1 aromatic rings. The van der Waals surface area contributed by atoms with E-state index in [1.54, 1.807) is 0 Å². The summed E-state index contributed by atoms with van der Waals surface area (Å²) >= 11 is 0. The van der Waals surface area contributed by atoms with Crippen molar-refractivity contribution in [2.75, 3.05) is 0 Å². The van der Waals surface area contributed by atoms with E-state index in [9.17, 15) is 0 Å². The molecular formula is C13H20NO+. The lowest BCUT2D eigenvalue weighted by molar-refractivity contribution is -0.678. The van der Waals surface area contributed by atoms with Crippen molar-refractivity contribution < 1.29 is 9.30 Å². The molecule has 2 rings (SSSR count). The third-order valence-corrected chi connectivity index (χ3v) is 2.95. The van der Waals surface area contributed by atoms with Crippen LogP contribution in [-0.4, -0.2) is 6.10 Å². The molecule has 0 radical (unpaired) electrons. The average Bonchev–Trinajstić information content (AvgIpc) is 2.18. The molecule has 0 fully saturated rings. The first kappa shape index (κ1) is 10.5. The molecule has 0 saturated carbocycles. The van der Waals surface area contributed by atoms with E-state index in [0.29, 0.717) is 12.0 Å². The maximum Gasteiger partial charge on any atom is 0.371 e. The average molecular weight is 206 g/mol. The molecule has 2 heteroatoms. The van der Waals surface area contributed by atoms with Crippen LogP contribution < -0.4 is 9.30 Å². The second-order valence-electron chi connectivity index (χ2n) is 4.86. The van der Waals surface area contributed by atoms with Crippen molar-refractivity contribution in [1.29, 1.82) is 0 Å². The van der Waals surface area contributed by atoms with Crippen LogP contribution in [0.3, 0.4) is 0 Å². The molecule has 0 N–H and O–H groups in total. The van der Waals surface area contributed by atoms with Crippen molar-refractivity contribution in [2.45, 2.75) is 39.2 Å². The van der Waals surface area contributed by atoms with E-state index in [0.717, 1.165) is 25.1 Å². The molecule has 2 heterocycles. The molecule has 0 saturated heterocycles. The van der Waals surface area contributed by atoms with Gasteiger partial charge in [0.1, 0.15) is 13.2 Å².